The van der Waals surface area contributed by atoms with Crippen LogP contribution in [0.4, 0.5) is 19.0 Å². The van der Waals surface area contributed by atoms with Gasteiger partial charge in [0.05, 0.1) is 6.04 Å². The zero-order valence-corrected chi connectivity index (χ0v) is 17.8. The Hall–Kier alpha value is -2.60. The first-order chi connectivity index (χ1) is 13.8. The third kappa shape index (κ3) is 3.76. The summed E-state index contributed by atoms with van der Waals surface area (Å²) in [6.07, 6.45) is 0.826. The average Bonchev–Trinajstić information content (AvgIpc) is 2.71. The molecule has 0 amide bonds. The maximum absolute atomic E-state index is 15.1. The van der Waals surface area contributed by atoms with E-state index in [9.17, 15) is 4.39 Å². The van der Waals surface area contributed by atoms with Crippen LogP contribution in [0.25, 0.3) is 0 Å². The first kappa shape index (κ1) is 22.1. The van der Waals surface area contributed by atoms with Crippen LogP contribution in [0.15, 0.2) is 48.5 Å². The Morgan fingerprint density at radius 3 is 2.37 bits per heavy atom. The van der Waals surface area contributed by atoms with Crippen molar-refractivity contribution >= 4 is 18.2 Å². The molecule has 0 spiro atoms. The van der Waals surface area contributed by atoms with Crippen molar-refractivity contribution < 1.29 is 13.2 Å². The SMILES string of the molecule is Cc1nc(C(F)(F)c2ccc(F)cc2)nc(N2CCc3ccccc3C2C)c1C.Cl. The van der Waals surface area contributed by atoms with E-state index in [0.717, 1.165) is 36.2 Å². The maximum atomic E-state index is 15.1. The van der Waals surface area contributed by atoms with Crippen LogP contribution in [0.2, 0.25) is 0 Å². The molecule has 158 valence electrons. The fourth-order valence-electron chi connectivity index (χ4n) is 3.88. The van der Waals surface area contributed by atoms with Crippen molar-refractivity contribution in [1.82, 2.24) is 9.97 Å². The van der Waals surface area contributed by atoms with Gasteiger partial charge < -0.3 is 4.90 Å². The largest absolute Gasteiger partial charge is 0.349 e. The second-order valence-electron chi connectivity index (χ2n) is 7.48. The van der Waals surface area contributed by atoms with E-state index in [4.69, 9.17) is 0 Å². The summed E-state index contributed by atoms with van der Waals surface area (Å²) >= 11 is 0. The molecule has 30 heavy (non-hydrogen) atoms. The minimum absolute atomic E-state index is 0. The van der Waals surface area contributed by atoms with Crippen LogP contribution >= 0.6 is 12.4 Å². The van der Waals surface area contributed by atoms with Crippen LogP contribution in [0.1, 0.15) is 46.7 Å². The van der Waals surface area contributed by atoms with Gasteiger partial charge in [0, 0.05) is 23.4 Å². The van der Waals surface area contributed by atoms with Gasteiger partial charge in [-0.1, -0.05) is 24.3 Å². The van der Waals surface area contributed by atoms with Crippen LogP contribution in [-0.4, -0.2) is 16.5 Å². The summed E-state index contributed by atoms with van der Waals surface area (Å²) in [5.41, 5.74) is 3.43. The lowest BCUT2D eigenvalue weighted by atomic mass is 9.93. The number of benzene rings is 2. The normalized spacial score (nSPS) is 16.1. The number of fused-ring (bicyclic) bond motifs is 1. The van der Waals surface area contributed by atoms with E-state index >= 15 is 8.78 Å². The monoisotopic (exact) mass is 433 g/mol. The van der Waals surface area contributed by atoms with Crippen molar-refractivity contribution in [3.8, 4) is 0 Å². The van der Waals surface area contributed by atoms with Crippen molar-refractivity contribution in [2.45, 2.75) is 39.2 Å². The first-order valence-corrected chi connectivity index (χ1v) is 9.63. The number of aryl methyl sites for hydroxylation is 1. The number of alkyl halides is 2. The molecule has 1 atom stereocenters. The van der Waals surface area contributed by atoms with Crippen LogP contribution in [0, 0.1) is 19.7 Å². The second kappa shape index (κ2) is 8.26. The molecule has 0 N–H and O–H groups in total. The quantitative estimate of drug-likeness (QED) is 0.513. The number of aromatic nitrogens is 2. The molecular weight excluding hydrogens is 411 g/mol. The zero-order valence-electron chi connectivity index (χ0n) is 17.0. The van der Waals surface area contributed by atoms with E-state index in [2.05, 4.69) is 33.9 Å². The Labute approximate surface area is 180 Å². The number of rotatable bonds is 3. The standard InChI is InChI=1S/C23H22F3N3.ClH/c1-14-15(2)27-22(23(25,26)18-8-10-19(24)11-9-18)28-21(14)29-13-12-17-6-4-5-7-20(17)16(29)3;/h4-11,16H,12-13H2,1-3H3;1H. The lowest BCUT2D eigenvalue weighted by Gasteiger charge is -2.37. The second-order valence-corrected chi connectivity index (χ2v) is 7.48. The lowest BCUT2D eigenvalue weighted by Crippen LogP contribution is -2.36. The molecule has 1 aliphatic heterocycles. The fraction of sp³-hybridized carbons (Fsp3) is 0.304. The molecule has 2 heterocycles. The van der Waals surface area contributed by atoms with Gasteiger partial charge in [-0.25, -0.2) is 14.4 Å². The van der Waals surface area contributed by atoms with Crippen LogP contribution in [-0.2, 0) is 12.3 Å². The predicted molar refractivity (Wildman–Crippen MR) is 114 cm³/mol. The molecule has 1 aromatic heterocycles. The summed E-state index contributed by atoms with van der Waals surface area (Å²) in [7, 11) is 0. The van der Waals surface area contributed by atoms with Gasteiger partial charge in [0.2, 0.25) is 5.82 Å². The molecule has 1 unspecified atom stereocenters. The van der Waals surface area contributed by atoms with Gasteiger partial charge in [-0.2, -0.15) is 8.78 Å². The summed E-state index contributed by atoms with van der Waals surface area (Å²) in [5, 5.41) is 0. The Morgan fingerprint density at radius 1 is 1.00 bits per heavy atom. The predicted octanol–water partition coefficient (Wildman–Crippen LogP) is 5.92. The van der Waals surface area contributed by atoms with Gasteiger partial charge in [0.1, 0.15) is 11.6 Å². The summed E-state index contributed by atoms with van der Waals surface area (Å²) in [6, 6.07) is 12.4. The van der Waals surface area contributed by atoms with Crippen molar-refractivity contribution in [3.63, 3.8) is 0 Å². The Bertz CT molecular complexity index is 1050. The van der Waals surface area contributed by atoms with Crippen LogP contribution < -0.4 is 4.90 Å². The van der Waals surface area contributed by atoms with E-state index < -0.39 is 17.6 Å². The molecule has 4 rings (SSSR count). The van der Waals surface area contributed by atoms with Gasteiger partial charge in [0.15, 0.2) is 0 Å². The van der Waals surface area contributed by atoms with E-state index in [1.54, 1.807) is 6.92 Å². The highest BCUT2D eigenvalue weighted by Gasteiger charge is 2.39. The number of nitrogens with zero attached hydrogens (tertiary/aromatic N) is 3. The van der Waals surface area contributed by atoms with Crippen LogP contribution in [0.5, 0.6) is 0 Å². The Balaban J connectivity index is 0.00000256. The molecule has 3 aromatic rings. The van der Waals surface area contributed by atoms with Crippen LogP contribution in [0.3, 0.4) is 0 Å². The lowest BCUT2D eigenvalue weighted by molar-refractivity contribution is 0.0326. The van der Waals surface area contributed by atoms with Gasteiger partial charge in [-0.3, -0.25) is 0 Å². The van der Waals surface area contributed by atoms with E-state index in [0.29, 0.717) is 18.1 Å². The highest BCUT2D eigenvalue weighted by Crippen LogP contribution is 2.38. The highest BCUT2D eigenvalue weighted by molar-refractivity contribution is 5.85. The zero-order chi connectivity index (χ0) is 20.8. The summed E-state index contributed by atoms with van der Waals surface area (Å²) in [4.78, 5) is 10.5. The molecule has 3 nitrogen and oxygen atoms in total. The molecule has 0 saturated carbocycles. The number of anilines is 1. The summed E-state index contributed by atoms with van der Waals surface area (Å²) < 4.78 is 43.5. The summed E-state index contributed by atoms with van der Waals surface area (Å²) in [6.45, 7) is 6.33. The average molecular weight is 434 g/mol. The van der Waals surface area contributed by atoms with E-state index in [-0.39, 0.29) is 24.0 Å². The van der Waals surface area contributed by atoms with Crippen molar-refractivity contribution in [1.29, 1.82) is 0 Å². The third-order valence-electron chi connectivity index (χ3n) is 5.72. The molecule has 0 radical (unpaired) electrons. The first-order valence-electron chi connectivity index (χ1n) is 9.63. The van der Waals surface area contributed by atoms with Crippen molar-refractivity contribution in [2.24, 2.45) is 0 Å². The molecule has 0 saturated heterocycles. The topological polar surface area (TPSA) is 29.0 Å². The highest BCUT2D eigenvalue weighted by atomic mass is 35.5. The molecule has 7 heteroatoms. The smallest absolute Gasteiger partial charge is 0.331 e. The Morgan fingerprint density at radius 2 is 1.67 bits per heavy atom. The van der Waals surface area contributed by atoms with Gasteiger partial charge in [0.25, 0.3) is 0 Å². The molecule has 0 aliphatic carbocycles. The Kier molecular flexibility index (Phi) is 6.09. The minimum Gasteiger partial charge on any atom is -0.349 e. The van der Waals surface area contributed by atoms with Gasteiger partial charge in [-0.05, 0) is 62.6 Å². The maximum Gasteiger partial charge on any atom is 0.331 e. The third-order valence-corrected chi connectivity index (χ3v) is 5.72. The van der Waals surface area contributed by atoms with E-state index in [1.165, 1.54) is 11.1 Å². The fourth-order valence-corrected chi connectivity index (χ4v) is 3.88. The van der Waals surface area contributed by atoms with E-state index in [1.807, 2.05) is 19.1 Å². The molecule has 1 aliphatic rings. The van der Waals surface area contributed by atoms with Crippen molar-refractivity contribution in [3.05, 3.63) is 88.1 Å². The molecule has 0 fully saturated rings. The molecule has 0 bridgehead atoms. The molecular formula is C23H23ClF3N3. The summed E-state index contributed by atoms with van der Waals surface area (Å²) in [5.74, 6) is -4.02. The minimum atomic E-state index is -3.42. The van der Waals surface area contributed by atoms with Gasteiger partial charge in [-0.15, -0.1) is 12.4 Å². The number of hydrogen-bond acceptors (Lipinski definition) is 3. The number of hydrogen-bond donors (Lipinski definition) is 0. The molecule has 2 aromatic carbocycles. The number of halogens is 4. The van der Waals surface area contributed by atoms with Crippen molar-refractivity contribution in [2.75, 3.05) is 11.4 Å². The van der Waals surface area contributed by atoms with Gasteiger partial charge >= 0.3 is 5.92 Å².